The Labute approximate surface area is 125 Å². The van der Waals surface area contributed by atoms with E-state index in [0.717, 1.165) is 5.56 Å². The number of benzene rings is 1. The molecular weight excluding hydrogens is 290 g/mol. The number of carbonyl (C=O) groups is 1. The second-order valence-corrected chi connectivity index (χ2v) is 7.67. The molecule has 1 heterocycles. The topological polar surface area (TPSA) is 74.7 Å². The average molecular weight is 311 g/mol. The third-order valence-corrected chi connectivity index (χ3v) is 6.14. The molecule has 0 saturated carbocycles. The zero-order valence-corrected chi connectivity index (χ0v) is 13.0. The van der Waals surface area contributed by atoms with Gasteiger partial charge in [-0.3, -0.25) is 4.79 Å². The average Bonchev–Trinajstić information content (AvgIpc) is 2.84. The second-order valence-electron chi connectivity index (χ2n) is 5.66. The van der Waals surface area contributed by atoms with Crippen LogP contribution in [-0.4, -0.2) is 41.6 Å². The Bertz CT molecular complexity index is 599. The molecule has 0 aromatic heterocycles. The van der Waals surface area contributed by atoms with E-state index in [4.69, 9.17) is 0 Å². The summed E-state index contributed by atoms with van der Waals surface area (Å²) in [6.07, 6.45) is 2.15. The Kier molecular flexibility index (Phi) is 4.68. The van der Waals surface area contributed by atoms with Crippen molar-refractivity contribution in [2.24, 2.45) is 0 Å². The van der Waals surface area contributed by atoms with Crippen molar-refractivity contribution in [3.05, 3.63) is 35.9 Å². The van der Waals surface area contributed by atoms with Crippen molar-refractivity contribution in [1.82, 2.24) is 4.31 Å². The molecule has 5 nitrogen and oxygen atoms in total. The molecule has 1 aromatic carbocycles. The lowest BCUT2D eigenvalue weighted by molar-refractivity contribution is -0.146. The van der Waals surface area contributed by atoms with Crippen LogP contribution in [0.1, 0.15) is 31.7 Å². The van der Waals surface area contributed by atoms with Crippen molar-refractivity contribution < 1.29 is 18.3 Å². The van der Waals surface area contributed by atoms with Crippen LogP contribution in [0.4, 0.5) is 0 Å². The van der Waals surface area contributed by atoms with Gasteiger partial charge in [0.2, 0.25) is 10.0 Å². The van der Waals surface area contributed by atoms with Crippen LogP contribution < -0.4 is 0 Å². The minimum Gasteiger partial charge on any atom is -0.480 e. The summed E-state index contributed by atoms with van der Waals surface area (Å²) in [7, 11) is -3.53. The van der Waals surface area contributed by atoms with E-state index >= 15 is 0 Å². The fourth-order valence-electron chi connectivity index (χ4n) is 2.81. The van der Waals surface area contributed by atoms with E-state index in [2.05, 4.69) is 0 Å². The predicted octanol–water partition coefficient (Wildman–Crippen LogP) is 1.89. The van der Waals surface area contributed by atoms with Gasteiger partial charge in [-0.05, 0) is 38.2 Å². The maximum atomic E-state index is 12.4. The van der Waals surface area contributed by atoms with Crippen molar-refractivity contribution >= 4 is 16.0 Å². The number of sulfonamides is 1. The lowest BCUT2D eigenvalue weighted by Gasteiger charge is -2.30. The number of carboxylic acids is 1. The summed E-state index contributed by atoms with van der Waals surface area (Å²) in [5.74, 6) is -1.07. The van der Waals surface area contributed by atoms with Crippen LogP contribution in [-0.2, 0) is 21.2 Å². The van der Waals surface area contributed by atoms with Gasteiger partial charge in [0.05, 0.1) is 5.75 Å². The zero-order valence-electron chi connectivity index (χ0n) is 12.2. The first-order valence-electron chi connectivity index (χ1n) is 7.14. The second kappa shape index (κ2) is 6.15. The summed E-state index contributed by atoms with van der Waals surface area (Å²) in [6, 6.07) is 9.69. The molecule has 6 heteroatoms. The lowest BCUT2D eigenvalue weighted by Crippen LogP contribution is -2.51. The Balaban J connectivity index is 2.00. The molecule has 0 amide bonds. The molecule has 0 unspecified atom stereocenters. The first-order valence-corrected chi connectivity index (χ1v) is 8.75. The minimum absolute atomic E-state index is 0.00916. The third kappa shape index (κ3) is 3.44. The molecule has 0 spiro atoms. The number of carboxylic acid groups (broad SMARTS) is 1. The molecule has 1 aliphatic rings. The quantitative estimate of drug-likeness (QED) is 0.870. The van der Waals surface area contributed by atoms with E-state index in [1.54, 1.807) is 0 Å². The van der Waals surface area contributed by atoms with E-state index in [9.17, 15) is 18.3 Å². The fraction of sp³-hybridized carbons (Fsp3) is 0.533. The molecule has 1 N–H and O–H groups in total. The zero-order chi connectivity index (χ0) is 15.5. The number of hydrogen-bond donors (Lipinski definition) is 1. The molecule has 0 radical (unpaired) electrons. The Morgan fingerprint density at radius 1 is 1.33 bits per heavy atom. The third-order valence-electron chi connectivity index (χ3n) is 4.08. The monoisotopic (exact) mass is 311 g/mol. The molecular formula is C15H21NO4S. The van der Waals surface area contributed by atoms with Crippen LogP contribution in [0.15, 0.2) is 30.3 Å². The summed E-state index contributed by atoms with van der Waals surface area (Å²) in [6.45, 7) is 1.80. The number of aliphatic carboxylic acids is 1. The maximum absolute atomic E-state index is 12.4. The van der Waals surface area contributed by atoms with Crippen LogP contribution in [0.3, 0.4) is 0 Å². The van der Waals surface area contributed by atoms with Crippen molar-refractivity contribution in [3.63, 3.8) is 0 Å². The van der Waals surface area contributed by atoms with Crippen LogP contribution >= 0.6 is 0 Å². The van der Waals surface area contributed by atoms with Gasteiger partial charge in [0.15, 0.2) is 0 Å². The number of aryl methyl sites for hydroxylation is 1. The highest BCUT2D eigenvalue weighted by molar-refractivity contribution is 7.89. The first kappa shape index (κ1) is 16.0. The lowest BCUT2D eigenvalue weighted by atomic mass is 10.0. The molecule has 1 atom stereocenters. The minimum atomic E-state index is -3.53. The first-order chi connectivity index (χ1) is 9.86. The largest absolute Gasteiger partial charge is 0.480 e. The maximum Gasteiger partial charge on any atom is 0.324 e. The fourth-order valence-corrected chi connectivity index (χ4v) is 4.73. The van der Waals surface area contributed by atoms with Gasteiger partial charge in [-0.1, -0.05) is 30.3 Å². The molecule has 0 bridgehead atoms. The van der Waals surface area contributed by atoms with Crippen molar-refractivity contribution in [2.75, 3.05) is 12.3 Å². The van der Waals surface area contributed by atoms with Crippen LogP contribution in [0, 0.1) is 0 Å². The predicted molar refractivity (Wildman–Crippen MR) is 80.5 cm³/mol. The Morgan fingerprint density at radius 2 is 2.00 bits per heavy atom. The van der Waals surface area contributed by atoms with Crippen LogP contribution in [0.2, 0.25) is 0 Å². The summed E-state index contributed by atoms with van der Waals surface area (Å²) in [5.41, 5.74) is -0.193. The van der Waals surface area contributed by atoms with Crippen molar-refractivity contribution in [1.29, 1.82) is 0 Å². The van der Waals surface area contributed by atoms with E-state index in [1.165, 1.54) is 11.2 Å². The van der Waals surface area contributed by atoms with Crippen molar-refractivity contribution in [2.45, 2.75) is 38.1 Å². The number of hydrogen-bond acceptors (Lipinski definition) is 3. The highest BCUT2D eigenvalue weighted by atomic mass is 32.2. The molecule has 0 aliphatic carbocycles. The summed E-state index contributed by atoms with van der Waals surface area (Å²) in [4.78, 5) is 11.4. The van der Waals surface area contributed by atoms with Gasteiger partial charge in [-0.15, -0.1) is 0 Å². The van der Waals surface area contributed by atoms with Gasteiger partial charge in [0.1, 0.15) is 5.54 Å². The van der Waals surface area contributed by atoms with Crippen LogP contribution in [0.25, 0.3) is 0 Å². The Morgan fingerprint density at radius 3 is 2.62 bits per heavy atom. The van der Waals surface area contributed by atoms with Crippen molar-refractivity contribution in [3.8, 4) is 0 Å². The molecule has 21 heavy (non-hydrogen) atoms. The van der Waals surface area contributed by atoms with Gasteiger partial charge in [0.25, 0.3) is 0 Å². The molecule has 2 rings (SSSR count). The van der Waals surface area contributed by atoms with Gasteiger partial charge in [-0.2, -0.15) is 4.31 Å². The van der Waals surface area contributed by atoms with Crippen LogP contribution in [0.5, 0.6) is 0 Å². The molecule has 116 valence electrons. The summed E-state index contributed by atoms with van der Waals surface area (Å²) >= 11 is 0. The van der Waals surface area contributed by atoms with Gasteiger partial charge in [0, 0.05) is 6.54 Å². The van der Waals surface area contributed by atoms with E-state index in [1.807, 2.05) is 30.3 Å². The number of rotatable bonds is 6. The van der Waals surface area contributed by atoms with Gasteiger partial charge < -0.3 is 5.11 Å². The molecule has 1 aliphatic heterocycles. The molecule has 1 saturated heterocycles. The highest BCUT2D eigenvalue weighted by Crippen LogP contribution is 2.32. The van der Waals surface area contributed by atoms with E-state index in [0.29, 0.717) is 32.2 Å². The van der Waals surface area contributed by atoms with Gasteiger partial charge in [-0.25, -0.2) is 8.42 Å². The standard InChI is InChI=1S/C15H21NO4S/c1-15(14(17)18)10-6-11-16(15)21(19,20)12-5-9-13-7-3-2-4-8-13/h2-4,7-8H,5-6,9-12H2,1H3,(H,17,18)/t15-/m0/s1. The number of nitrogens with zero attached hydrogens (tertiary/aromatic N) is 1. The summed E-state index contributed by atoms with van der Waals surface area (Å²) in [5, 5.41) is 9.30. The molecule has 1 aromatic rings. The summed E-state index contributed by atoms with van der Waals surface area (Å²) < 4.78 is 26.0. The molecule has 1 fully saturated rings. The van der Waals surface area contributed by atoms with E-state index < -0.39 is 21.5 Å². The highest BCUT2D eigenvalue weighted by Gasteiger charge is 2.48. The Hall–Kier alpha value is -1.40. The SMILES string of the molecule is C[C@@]1(C(=O)O)CCCN1S(=O)(=O)CCCc1ccccc1. The van der Waals surface area contributed by atoms with E-state index in [-0.39, 0.29) is 5.75 Å². The smallest absolute Gasteiger partial charge is 0.324 e. The normalized spacial score (nSPS) is 23.3. The van der Waals surface area contributed by atoms with Gasteiger partial charge >= 0.3 is 5.97 Å².